The molecule has 154 valence electrons. The predicted octanol–water partition coefficient (Wildman–Crippen LogP) is 5.65. The number of nitrogens with zero attached hydrogens (tertiary/aromatic N) is 1. The highest BCUT2D eigenvalue weighted by Crippen LogP contribution is 2.58. The molecule has 1 heterocycles. The zero-order valence-corrected chi connectivity index (χ0v) is 18.3. The first kappa shape index (κ1) is 19.5. The van der Waals surface area contributed by atoms with Gasteiger partial charge in [0.15, 0.2) is 11.2 Å². The molecule has 0 aromatic heterocycles. The molecule has 0 saturated carbocycles. The van der Waals surface area contributed by atoms with E-state index in [1.807, 2.05) is 66.7 Å². The van der Waals surface area contributed by atoms with Crippen LogP contribution in [-0.2, 0) is 10.2 Å². The minimum Gasteiger partial charge on any atom is -0.313 e. The molecule has 0 radical (unpaired) electrons. The van der Waals surface area contributed by atoms with E-state index in [1.165, 1.54) is 0 Å². The number of carbonyl (C=O) groups excluding carboxylic acids is 2. The Bertz CT molecular complexity index is 1260. The Balaban J connectivity index is 1.96. The van der Waals surface area contributed by atoms with E-state index in [0.717, 1.165) is 27.8 Å². The van der Waals surface area contributed by atoms with Crippen molar-refractivity contribution in [2.45, 2.75) is 26.2 Å². The van der Waals surface area contributed by atoms with Crippen LogP contribution in [0, 0.1) is 5.41 Å². The predicted molar refractivity (Wildman–Crippen MR) is 124 cm³/mol. The molecule has 31 heavy (non-hydrogen) atoms. The Kier molecular flexibility index (Phi) is 4.10. The maximum Gasteiger partial charge on any atom is 0.249 e. The number of Topliss-reactive ketones (excluding diaryl/α,β-unsaturated/α-hetero) is 1. The molecule has 1 aliphatic carbocycles. The highest BCUT2D eigenvalue weighted by Gasteiger charge is 2.62. The summed E-state index contributed by atoms with van der Waals surface area (Å²) in [6.07, 6.45) is 0. The number of ketones is 1. The van der Waals surface area contributed by atoms with E-state index in [0.29, 0.717) is 11.3 Å². The lowest BCUT2D eigenvalue weighted by molar-refractivity contribution is -0.121. The van der Waals surface area contributed by atoms with Crippen LogP contribution in [0.1, 0.15) is 47.8 Å². The lowest BCUT2D eigenvalue weighted by Gasteiger charge is -2.43. The minimum absolute atomic E-state index is 0.130. The summed E-state index contributed by atoms with van der Waals surface area (Å²) in [6.45, 7) is 6.29. The van der Waals surface area contributed by atoms with E-state index in [4.69, 9.17) is 0 Å². The Hall–Kier alpha value is -3.46. The molecule has 0 N–H and O–H groups in total. The van der Waals surface area contributed by atoms with Gasteiger partial charge >= 0.3 is 0 Å². The lowest BCUT2D eigenvalue weighted by atomic mass is 9.61. The Morgan fingerprint density at radius 3 is 2.00 bits per heavy atom. The third-order valence-electron chi connectivity index (χ3n) is 6.51. The highest BCUT2D eigenvalue weighted by atomic mass is 16.2. The lowest BCUT2D eigenvalue weighted by Crippen LogP contribution is -2.56. The van der Waals surface area contributed by atoms with E-state index in [2.05, 4.69) is 32.9 Å². The summed E-state index contributed by atoms with van der Waals surface area (Å²) >= 11 is 0. The molecule has 3 nitrogen and oxygen atoms in total. The Morgan fingerprint density at radius 1 is 0.742 bits per heavy atom. The third-order valence-corrected chi connectivity index (χ3v) is 6.51. The second kappa shape index (κ2) is 6.52. The summed E-state index contributed by atoms with van der Waals surface area (Å²) in [5, 5.41) is 0. The molecule has 3 aromatic rings. The van der Waals surface area contributed by atoms with Crippen LogP contribution >= 0.6 is 0 Å². The smallest absolute Gasteiger partial charge is 0.249 e. The number of para-hydroxylation sites is 1. The van der Waals surface area contributed by atoms with E-state index >= 15 is 0 Å². The molecule has 0 saturated heterocycles. The summed E-state index contributed by atoms with van der Waals surface area (Å²) in [7, 11) is 1.78. The minimum atomic E-state index is -1.36. The standard InChI is InChI=1S/C28H25NO2/c1-27(2,3)24-23(18-12-6-5-7-13-18)19-14-8-10-16-21(19)28(24)25(30)20-15-9-11-17-22(20)29(4)26(28)31/h5-17H,1-4H3. The molecule has 3 aromatic carbocycles. The van der Waals surface area contributed by atoms with Gasteiger partial charge in [-0.05, 0) is 45.4 Å². The number of hydrogen-bond acceptors (Lipinski definition) is 2. The van der Waals surface area contributed by atoms with Crippen LogP contribution in [0.5, 0.6) is 0 Å². The number of benzene rings is 3. The van der Waals surface area contributed by atoms with Crippen molar-refractivity contribution in [1.29, 1.82) is 0 Å². The topological polar surface area (TPSA) is 37.4 Å². The molecule has 2 aliphatic rings. The fourth-order valence-corrected chi connectivity index (χ4v) is 5.40. The van der Waals surface area contributed by atoms with Crippen LogP contribution < -0.4 is 4.90 Å². The summed E-state index contributed by atoms with van der Waals surface area (Å²) in [4.78, 5) is 30.2. The molecule has 0 bridgehead atoms. The van der Waals surface area contributed by atoms with Gasteiger partial charge in [-0.2, -0.15) is 0 Å². The van der Waals surface area contributed by atoms with Crippen LogP contribution in [0.25, 0.3) is 5.57 Å². The van der Waals surface area contributed by atoms with Crippen LogP contribution in [0.3, 0.4) is 0 Å². The average Bonchev–Trinajstić information content (AvgIpc) is 3.09. The monoisotopic (exact) mass is 407 g/mol. The summed E-state index contributed by atoms with van der Waals surface area (Å²) < 4.78 is 0. The van der Waals surface area contributed by atoms with Gasteiger partial charge in [-0.3, -0.25) is 9.59 Å². The van der Waals surface area contributed by atoms with Crippen molar-refractivity contribution in [3.63, 3.8) is 0 Å². The van der Waals surface area contributed by atoms with E-state index in [1.54, 1.807) is 11.9 Å². The van der Waals surface area contributed by atoms with Crippen molar-refractivity contribution in [2.75, 3.05) is 11.9 Å². The van der Waals surface area contributed by atoms with Gasteiger partial charge in [0.05, 0.1) is 5.69 Å². The fraction of sp³-hybridized carbons (Fsp3) is 0.214. The van der Waals surface area contributed by atoms with Gasteiger partial charge in [0, 0.05) is 12.6 Å². The second-order valence-corrected chi connectivity index (χ2v) is 9.37. The maximum atomic E-state index is 14.3. The number of hydrogen-bond donors (Lipinski definition) is 0. The molecular formula is C28H25NO2. The normalized spacial score (nSPS) is 20.3. The van der Waals surface area contributed by atoms with E-state index in [9.17, 15) is 9.59 Å². The van der Waals surface area contributed by atoms with Gasteiger partial charge in [-0.25, -0.2) is 0 Å². The van der Waals surface area contributed by atoms with Gasteiger partial charge in [0.25, 0.3) is 0 Å². The first-order chi connectivity index (χ1) is 14.8. The SMILES string of the molecule is CN1C(=O)C2(C(=O)c3ccccc31)C(C(C)(C)C)=C(c1ccccc1)c1ccccc12. The zero-order valence-electron chi connectivity index (χ0n) is 18.3. The largest absolute Gasteiger partial charge is 0.313 e. The summed E-state index contributed by atoms with van der Waals surface area (Å²) in [5.74, 6) is -0.311. The fourth-order valence-electron chi connectivity index (χ4n) is 5.40. The molecule has 1 unspecified atom stereocenters. The highest BCUT2D eigenvalue weighted by molar-refractivity contribution is 6.33. The van der Waals surface area contributed by atoms with Gasteiger partial charge in [0.1, 0.15) is 0 Å². The molecule has 3 heteroatoms. The summed E-state index contributed by atoms with van der Waals surface area (Å²) in [5.41, 5.74) is 4.15. The Morgan fingerprint density at radius 2 is 1.32 bits per heavy atom. The van der Waals surface area contributed by atoms with Crippen molar-refractivity contribution in [2.24, 2.45) is 5.41 Å². The molecule has 5 rings (SSSR count). The van der Waals surface area contributed by atoms with Crippen molar-refractivity contribution in [3.05, 3.63) is 107 Å². The van der Waals surface area contributed by atoms with E-state index in [-0.39, 0.29) is 11.7 Å². The summed E-state index contributed by atoms with van der Waals surface area (Å²) in [6, 6.07) is 25.4. The molecular weight excluding hydrogens is 382 g/mol. The zero-order chi connectivity index (χ0) is 22.0. The van der Waals surface area contributed by atoms with Crippen molar-refractivity contribution in [3.8, 4) is 0 Å². The quantitative estimate of drug-likeness (QED) is 0.489. The third kappa shape index (κ3) is 2.46. The van der Waals surface area contributed by atoms with Crippen molar-refractivity contribution >= 4 is 23.0 Å². The number of carbonyl (C=O) groups is 2. The molecule has 1 atom stereocenters. The second-order valence-electron chi connectivity index (χ2n) is 9.37. The number of rotatable bonds is 1. The van der Waals surface area contributed by atoms with Crippen LogP contribution in [0.2, 0.25) is 0 Å². The van der Waals surface area contributed by atoms with Crippen LogP contribution in [-0.4, -0.2) is 18.7 Å². The van der Waals surface area contributed by atoms with Gasteiger partial charge < -0.3 is 4.90 Å². The van der Waals surface area contributed by atoms with Crippen LogP contribution in [0.15, 0.2) is 84.4 Å². The van der Waals surface area contributed by atoms with Crippen molar-refractivity contribution < 1.29 is 9.59 Å². The Labute approximate surface area is 183 Å². The number of amides is 1. The first-order valence-electron chi connectivity index (χ1n) is 10.6. The van der Waals surface area contributed by atoms with Gasteiger partial charge in [-0.1, -0.05) is 87.5 Å². The maximum absolute atomic E-state index is 14.3. The molecule has 0 fully saturated rings. The number of likely N-dealkylation sites (N-methyl/N-ethyl adjacent to an activating group) is 1. The number of fused-ring (bicyclic) bond motifs is 3. The van der Waals surface area contributed by atoms with E-state index < -0.39 is 10.8 Å². The molecule has 1 aliphatic heterocycles. The first-order valence-corrected chi connectivity index (χ1v) is 10.6. The molecule has 1 amide bonds. The van der Waals surface area contributed by atoms with Crippen molar-refractivity contribution in [1.82, 2.24) is 0 Å². The molecule has 1 spiro atoms. The average molecular weight is 408 g/mol. The number of anilines is 1. The van der Waals surface area contributed by atoms with Crippen LogP contribution in [0.4, 0.5) is 5.69 Å². The van der Waals surface area contributed by atoms with Gasteiger partial charge in [-0.15, -0.1) is 0 Å². The van der Waals surface area contributed by atoms with Gasteiger partial charge in [0.2, 0.25) is 5.91 Å².